The van der Waals surface area contributed by atoms with Gasteiger partial charge in [-0.25, -0.2) is 0 Å². The summed E-state index contributed by atoms with van der Waals surface area (Å²) >= 11 is 0. The Balaban J connectivity index is 2.30. The highest BCUT2D eigenvalue weighted by molar-refractivity contribution is 4.94. The maximum atomic E-state index is 8.71. The highest BCUT2D eigenvalue weighted by Crippen LogP contribution is 2.36. The van der Waals surface area contributed by atoms with Crippen LogP contribution in [0.1, 0.15) is 39.5 Å². The van der Waals surface area contributed by atoms with Crippen LogP contribution < -0.4 is 0 Å². The lowest BCUT2D eigenvalue weighted by Crippen LogP contribution is -2.20. The minimum atomic E-state index is -0.0783. The Kier molecular flexibility index (Phi) is 1.99. The normalized spacial score (nSPS) is 19.7. The number of hydrogen-bond donors (Lipinski definition) is 0. The number of rotatable bonds is 2. The second-order valence-corrected chi connectivity index (χ2v) is 4.00. The molecule has 0 aromatic rings. The Bertz CT molecular complexity index is 149. The highest BCUT2D eigenvalue weighted by Gasteiger charge is 2.26. The van der Waals surface area contributed by atoms with Gasteiger partial charge >= 0.3 is 0 Å². The molecule has 1 aliphatic carbocycles. The van der Waals surface area contributed by atoms with E-state index in [2.05, 4.69) is 6.07 Å². The third kappa shape index (κ3) is 1.73. The monoisotopic (exact) mass is 137 g/mol. The molecule has 56 valence electrons. The Morgan fingerprint density at radius 2 is 2.10 bits per heavy atom. The third-order valence-corrected chi connectivity index (χ3v) is 2.33. The molecule has 0 heterocycles. The van der Waals surface area contributed by atoms with E-state index in [-0.39, 0.29) is 5.41 Å². The molecule has 0 bridgehead atoms. The minimum Gasteiger partial charge on any atom is -0.198 e. The summed E-state index contributed by atoms with van der Waals surface area (Å²) in [5, 5.41) is 8.71. The molecule has 10 heavy (non-hydrogen) atoms. The first kappa shape index (κ1) is 7.60. The standard InChI is InChI=1S/C9H15N/c1-9(2,7-10)6-8-4-3-5-8/h8H,3-6H2,1-2H3. The zero-order valence-corrected chi connectivity index (χ0v) is 6.85. The van der Waals surface area contributed by atoms with Crippen LogP contribution in [-0.2, 0) is 0 Å². The molecule has 0 amide bonds. The van der Waals surface area contributed by atoms with Gasteiger partial charge in [0, 0.05) is 0 Å². The van der Waals surface area contributed by atoms with Crippen LogP contribution in [0.3, 0.4) is 0 Å². The topological polar surface area (TPSA) is 23.8 Å². The Morgan fingerprint density at radius 1 is 1.50 bits per heavy atom. The average Bonchev–Trinajstić information content (AvgIpc) is 1.80. The first-order chi connectivity index (χ1) is 4.64. The van der Waals surface area contributed by atoms with Crippen molar-refractivity contribution in [3.8, 4) is 6.07 Å². The van der Waals surface area contributed by atoms with Crippen LogP contribution in [-0.4, -0.2) is 0 Å². The molecule has 0 aliphatic heterocycles. The van der Waals surface area contributed by atoms with Gasteiger partial charge in [-0.3, -0.25) is 0 Å². The summed E-state index contributed by atoms with van der Waals surface area (Å²) in [6.07, 6.45) is 5.19. The fraction of sp³-hybridized carbons (Fsp3) is 0.889. The Hall–Kier alpha value is -0.510. The van der Waals surface area contributed by atoms with E-state index in [1.54, 1.807) is 0 Å². The smallest absolute Gasteiger partial charge is 0.0684 e. The van der Waals surface area contributed by atoms with E-state index < -0.39 is 0 Å². The molecule has 0 aromatic heterocycles. The first-order valence-electron chi connectivity index (χ1n) is 4.05. The summed E-state index contributed by atoms with van der Waals surface area (Å²) in [6.45, 7) is 4.07. The summed E-state index contributed by atoms with van der Waals surface area (Å²) in [4.78, 5) is 0. The first-order valence-corrected chi connectivity index (χ1v) is 4.05. The van der Waals surface area contributed by atoms with Gasteiger partial charge in [-0.2, -0.15) is 5.26 Å². The maximum absolute atomic E-state index is 8.71. The predicted molar refractivity (Wildman–Crippen MR) is 41.4 cm³/mol. The Labute approximate surface area is 63.0 Å². The molecular formula is C9H15N. The van der Waals surface area contributed by atoms with Gasteiger partial charge in [0.05, 0.1) is 11.5 Å². The van der Waals surface area contributed by atoms with E-state index in [0.29, 0.717) is 0 Å². The summed E-state index contributed by atoms with van der Waals surface area (Å²) in [5.41, 5.74) is -0.0783. The van der Waals surface area contributed by atoms with Gasteiger partial charge < -0.3 is 0 Å². The zero-order chi connectivity index (χ0) is 7.61. The molecule has 0 saturated heterocycles. The quantitative estimate of drug-likeness (QED) is 0.574. The molecule has 1 aliphatic rings. The van der Waals surface area contributed by atoms with Gasteiger partial charge in [-0.15, -0.1) is 0 Å². The molecule has 0 aromatic carbocycles. The number of nitriles is 1. The number of hydrogen-bond acceptors (Lipinski definition) is 1. The molecule has 0 radical (unpaired) electrons. The van der Waals surface area contributed by atoms with Crippen molar-refractivity contribution in [2.45, 2.75) is 39.5 Å². The van der Waals surface area contributed by atoms with Crippen molar-refractivity contribution >= 4 is 0 Å². The fourth-order valence-corrected chi connectivity index (χ4v) is 1.46. The van der Waals surface area contributed by atoms with Gasteiger partial charge in [0.15, 0.2) is 0 Å². The lowest BCUT2D eigenvalue weighted by atomic mass is 9.74. The van der Waals surface area contributed by atoms with Crippen LogP contribution in [0.2, 0.25) is 0 Å². The summed E-state index contributed by atoms with van der Waals surface area (Å²) in [5.74, 6) is 0.856. The molecule has 0 spiro atoms. The maximum Gasteiger partial charge on any atom is 0.0684 e. The van der Waals surface area contributed by atoms with E-state index in [4.69, 9.17) is 5.26 Å². The molecule has 1 rings (SSSR count). The lowest BCUT2D eigenvalue weighted by Gasteiger charge is -2.30. The summed E-state index contributed by atoms with van der Waals surface area (Å²) in [7, 11) is 0. The van der Waals surface area contributed by atoms with Crippen LogP contribution >= 0.6 is 0 Å². The van der Waals surface area contributed by atoms with E-state index in [0.717, 1.165) is 12.3 Å². The van der Waals surface area contributed by atoms with Crippen molar-refractivity contribution in [2.24, 2.45) is 11.3 Å². The molecule has 1 fully saturated rings. The van der Waals surface area contributed by atoms with E-state index in [9.17, 15) is 0 Å². The minimum absolute atomic E-state index is 0.0783. The van der Waals surface area contributed by atoms with Gasteiger partial charge in [0.2, 0.25) is 0 Å². The Morgan fingerprint density at radius 3 is 2.40 bits per heavy atom. The van der Waals surface area contributed by atoms with Crippen LogP contribution in [0.5, 0.6) is 0 Å². The molecule has 0 N–H and O–H groups in total. The van der Waals surface area contributed by atoms with Crippen molar-refractivity contribution in [3.05, 3.63) is 0 Å². The zero-order valence-electron chi connectivity index (χ0n) is 6.85. The fourth-order valence-electron chi connectivity index (χ4n) is 1.46. The van der Waals surface area contributed by atoms with Gasteiger partial charge in [-0.05, 0) is 26.2 Å². The van der Waals surface area contributed by atoms with Crippen LogP contribution in [0.4, 0.5) is 0 Å². The van der Waals surface area contributed by atoms with Crippen molar-refractivity contribution in [1.29, 1.82) is 5.26 Å². The third-order valence-electron chi connectivity index (χ3n) is 2.33. The molecule has 1 heteroatoms. The number of nitrogens with zero attached hydrogens (tertiary/aromatic N) is 1. The average molecular weight is 137 g/mol. The van der Waals surface area contributed by atoms with Crippen LogP contribution in [0, 0.1) is 22.7 Å². The van der Waals surface area contributed by atoms with Crippen molar-refractivity contribution in [2.75, 3.05) is 0 Å². The van der Waals surface area contributed by atoms with E-state index in [1.165, 1.54) is 19.3 Å². The van der Waals surface area contributed by atoms with Gasteiger partial charge in [0.1, 0.15) is 0 Å². The van der Waals surface area contributed by atoms with E-state index in [1.807, 2.05) is 13.8 Å². The van der Waals surface area contributed by atoms with Gasteiger partial charge in [-0.1, -0.05) is 19.3 Å². The summed E-state index contributed by atoms with van der Waals surface area (Å²) < 4.78 is 0. The summed E-state index contributed by atoms with van der Waals surface area (Å²) in [6, 6.07) is 2.34. The van der Waals surface area contributed by atoms with Crippen LogP contribution in [0.25, 0.3) is 0 Å². The van der Waals surface area contributed by atoms with Crippen LogP contribution in [0.15, 0.2) is 0 Å². The predicted octanol–water partition coefficient (Wildman–Crippen LogP) is 2.73. The molecule has 1 nitrogen and oxygen atoms in total. The van der Waals surface area contributed by atoms with Crippen molar-refractivity contribution in [3.63, 3.8) is 0 Å². The second kappa shape index (κ2) is 2.62. The van der Waals surface area contributed by atoms with Crippen molar-refractivity contribution < 1.29 is 0 Å². The second-order valence-electron chi connectivity index (χ2n) is 4.00. The molecule has 0 unspecified atom stereocenters. The SMILES string of the molecule is CC(C)(C#N)CC1CCC1. The largest absolute Gasteiger partial charge is 0.198 e. The molecule has 1 saturated carbocycles. The van der Waals surface area contributed by atoms with Crippen molar-refractivity contribution in [1.82, 2.24) is 0 Å². The lowest BCUT2D eigenvalue weighted by molar-refractivity contribution is 0.231. The highest BCUT2D eigenvalue weighted by atomic mass is 14.4. The van der Waals surface area contributed by atoms with Gasteiger partial charge in [0.25, 0.3) is 0 Å². The molecular weight excluding hydrogens is 122 g/mol. The molecule has 0 atom stereocenters. The van der Waals surface area contributed by atoms with E-state index >= 15 is 0 Å².